The van der Waals surface area contributed by atoms with Crippen molar-refractivity contribution in [2.75, 3.05) is 52.2 Å². The summed E-state index contributed by atoms with van der Waals surface area (Å²) in [5.74, 6) is -0.376. The molecule has 0 spiro atoms. The SMILES string of the molecule is CCCOC(=O)C(N)(CCCCOB(O)O)CCCN1CCN(Cc2ccc(S(C)(=O)=O)cc2)CC1. The maximum atomic E-state index is 12.7. The molecule has 4 N–H and O–H groups in total. The second-order valence-electron chi connectivity index (χ2n) is 9.58. The van der Waals surface area contributed by atoms with Crippen LogP contribution in [0, 0.1) is 0 Å². The van der Waals surface area contributed by atoms with Crippen LogP contribution in [-0.4, -0.2) is 99.3 Å². The number of carbonyl (C=O) groups excluding carboxylic acids is 1. The molecule has 204 valence electrons. The zero-order valence-electron chi connectivity index (χ0n) is 21.6. The van der Waals surface area contributed by atoms with Gasteiger partial charge in [-0.3, -0.25) is 9.69 Å². The number of unbranched alkanes of at least 4 members (excludes halogenated alkanes) is 1. The van der Waals surface area contributed by atoms with Crippen molar-refractivity contribution in [2.45, 2.75) is 62.4 Å². The van der Waals surface area contributed by atoms with Crippen molar-refractivity contribution < 1.29 is 32.7 Å². The molecule has 1 heterocycles. The number of piperazine rings is 1. The van der Waals surface area contributed by atoms with Gasteiger partial charge in [0, 0.05) is 45.6 Å². The molecule has 1 saturated heterocycles. The van der Waals surface area contributed by atoms with Crippen LogP contribution in [0.25, 0.3) is 0 Å². The third-order valence-electron chi connectivity index (χ3n) is 6.45. The fourth-order valence-corrected chi connectivity index (χ4v) is 4.92. The van der Waals surface area contributed by atoms with Crippen LogP contribution in [-0.2, 0) is 30.6 Å². The molecule has 1 aliphatic rings. The number of sulfone groups is 1. The number of ether oxygens (including phenoxy) is 1. The Morgan fingerprint density at radius 2 is 1.64 bits per heavy atom. The van der Waals surface area contributed by atoms with Gasteiger partial charge in [0.25, 0.3) is 0 Å². The van der Waals surface area contributed by atoms with Crippen LogP contribution in [0.4, 0.5) is 0 Å². The summed E-state index contributed by atoms with van der Waals surface area (Å²) in [4.78, 5) is 17.7. The molecule has 0 aromatic heterocycles. The van der Waals surface area contributed by atoms with E-state index in [0.29, 0.717) is 37.2 Å². The van der Waals surface area contributed by atoms with Gasteiger partial charge in [-0.25, -0.2) is 8.42 Å². The number of hydrogen-bond donors (Lipinski definition) is 3. The standard InChI is InChI=1S/C24H42BN3O7S/c1-3-18-34-23(29)24(26,11-4-5-19-35-25(30)31)12-6-13-27-14-16-28(17-15-27)20-21-7-9-22(10-8-21)36(2,32)33/h7-10,30-31H,3-6,11-20,26H2,1-2H3. The molecule has 1 aromatic rings. The van der Waals surface area contributed by atoms with E-state index in [9.17, 15) is 13.2 Å². The minimum absolute atomic E-state index is 0.184. The molecule has 1 unspecified atom stereocenters. The average Bonchev–Trinajstić information content (AvgIpc) is 2.83. The maximum absolute atomic E-state index is 12.7. The number of esters is 1. The number of carbonyl (C=O) groups is 1. The van der Waals surface area contributed by atoms with Crippen LogP contribution in [0.2, 0.25) is 0 Å². The van der Waals surface area contributed by atoms with Crippen LogP contribution in [0.15, 0.2) is 29.2 Å². The van der Waals surface area contributed by atoms with E-state index in [0.717, 1.165) is 57.7 Å². The minimum atomic E-state index is -3.18. The zero-order valence-corrected chi connectivity index (χ0v) is 22.4. The monoisotopic (exact) mass is 527 g/mol. The summed E-state index contributed by atoms with van der Waals surface area (Å²) in [6.45, 7) is 7.75. The first-order valence-electron chi connectivity index (χ1n) is 12.7. The highest BCUT2D eigenvalue weighted by Gasteiger charge is 2.35. The summed E-state index contributed by atoms with van der Waals surface area (Å²) in [5, 5.41) is 17.5. The maximum Gasteiger partial charge on any atom is 0.633 e. The predicted molar refractivity (Wildman–Crippen MR) is 139 cm³/mol. The summed E-state index contributed by atoms with van der Waals surface area (Å²) in [6, 6.07) is 7.07. The van der Waals surface area contributed by atoms with E-state index in [-0.39, 0.29) is 12.6 Å². The molecule has 36 heavy (non-hydrogen) atoms. The van der Waals surface area contributed by atoms with Crippen LogP contribution >= 0.6 is 0 Å². The van der Waals surface area contributed by atoms with Crippen molar-refractivity contribution in [3.05, 3.63) is 29.8 Å². The molecule has 2 rings (SSSR count). The van der Waals surface area contributed by atoms with Gasteiger partial charge in [-0.1, -0.05) is 19.1 Å². The Labute approximate surface area is 215 Å². The first-order chi connectivity index (χ1) is 17.0. The molecule has 1 atom stereocenters. The van der Waals surface area contributed by atoms with E-state index < -0.39 is 22.7 Å². The lowest BCUT2D eigenvalue weighted by Gasteiger charge is -2.35. The Morgan fingerprint density at radius 3 is 2.22 bits per heavy atom. The Bertz CT molecular complexity index is 893. The summed E-state index contributed by atoms with van der Waals surface area (Å²) in [5.41, 5.74) is 6.54. The molecule has 0 aliphatic carbocycles. The smallest absolute Gasteiger partial charge is 0.464 e. The van der Waals surface area contributed by atoms with Crippen molar-refractivity contribution in [1.29, 1.82) is 0 Å². The Morgan fingerprint density at radius 1 is 1.03 bits per heavy atom. The van der Waals surface area contributed by atoms with E-state index in [1.165, 1.54) is 6.26 Å². The lowest BCUT2D eigenvalue weighted by molar-refractivity contribution is -0.151. The predicted octanol–water partition coefficient (Wildman–Crippen LogP) is 0.795. The van der Waals surface area contributed by atoms with Crippen LogP contribution < -0.4 is 5.73 Å². The molecule has 1 aliphatic heterocycles. The summed E-state index contributed by atoms with van der Waals surface area (Å²) in [6.07, 6.45) is 4.88. The third-order valence-corrected chi connectivity index (χ3v) is 7.58. The first kappa shape index (κ1) is 30.7. The average molecular weight is 527 g/mol. The van der Waals surface area contributed by atoms with Gasteiger partial charge in [0.15, 0.2) is 9.84 Å². The molecule has 1 fully saturated rings. The van der Waals surface area contributed by atoms with E-state index >= 15 is 0 Å². The highest BCUT2D eigenvalue weighted by Crippen LogP contribution is 2.21. The minimum Gasteiger partial charge on any atom is -0.464 e. The summed E-state index contributed by atoms with van der Waals surface area (Å²) < 4.78 is 33.4. The number of benzene rings is 1. The first-order valence-corrected chi connectivity index (χ1v) is 14.6. The van der Waals surface area contributed by atoms with E-state index in [4.69, 9.17) is 25.2 Å². The van der Waals surface area contributed by atoms with Gasteiger partial charge < -0.3 is 30.1 Å². The Hall–Kier alpha value is -1.54. The van der Waals surface area contributed by atoms with Gasteiger partial charge in [0.05, 0.1) is 11.5 Å². The lowest BCUT2D eigenvalue weighted by Crippen LogP contribution is -2.50. The molecule has 0 radical (unpaired) electrons. The Balaban J connectivity index is 1.76. The number of rotatable bonds is 16. The van der Waals surface area contributed by atoms with Crippen molar-refractivity contribution >= 4 is 23.1 Å². The molecule has 0 bridgehead atoms. The van der Waals surface area contributed by atoms with Crippen LogP contribution in [0.5, 0.6) is 0 Å². The number of hydrogen-bond acceptors (Lipinski definition) is 10. The van der Waals surface area contributed by atoms with Crippen molar-refractivity contribution in [3.63, 3.8) is 0 Å². The molecule has 12 heteroatoms. The quantitative estimate of drug-likeness (QED) is 0.160. The molecule has 0 amide bonds. The zero-order chi connectivity index (χ0) is 26.6. The van der Waals surface area contributed by atoms with Gasteiger partial charge in [0.2, 0.25) is 0 Å². The molecular weight excluding hydrogens is 485 g/mol. The van der Waals surface area contributed by atoms with E-state index in [1.807, 2.05) is 19.1 Å². The number of nitrogens with zero attached hydrogens (tertiary/aromatic N) is 2. The van der Waals surface area contributed by atoms with Gasteiger partial charge in [-0.05, 0) is 62.8 Å². The second-order valence-corrected chi connectivity index (χ2v) is 11.6. The van der Waals surface area contributed by atoms with E-state index in [1.54, 1.807) is 12.1 Å². The van der Waals surface area contributed by atoms with Crippen molar-refractivity contribution in [1.82, 2.24) is 9.80 Å². The highest BCUT2D eigenvalue weighted by molar-refractivity contribution is 7.90. The van der Waals surface area contributed by atoms with Crippen LogP contribution in [0.3, 0.4) is 0 Å². The van der Waals surface area contributed by atoms with Crippen molar-refractivity contribution in [2.24, 2.45) is 5.73 Å². The van der Waals surface area contributed by atoms with Gasteiger partial charge in [-0.15, -0.1) is 0 Å². The molecule has 10 nitrogen and oxygen atoms in total. The third kappa shape index (κ3) is 10.8. The molecule has 1 aromatic carbocycles. The van der Waals surface area contributed by atoms with Gasteiger partial charge in [-0.2, -0.15) is 0 Å². The molecule has 0 saturated carbocycles. The van der Waals surface area contributed by atoms with Gasteiger partial charge >= 0.3 is 13.3 Å². The molecular formula is C24H42BN3O7S. The van der Waals surface area contributed by atoms with Crippen LogP contribution in [0.1, 0.15) is 51.0 Å². The summed E-state index contributed by atoms with van der Waals surface area (Å²) in [7, 11) is -4.97. The highest BCUT2D eigenvalue weighted by atomic mass is 32.2. The van der Waals surface area contributed by atoms with Crippen molar-refractivity contribution in [3.8, 4) is 0 Å². The lowest BCUT2D eigenvalue weighted by atomic mass is 9.88. The summed E-state index contributed by atoms with van der Waals surface area (Å²) >= 11 is 0. The Kier molecular flexibility index (Phi) is 12.8. The fraction of sp³-hybridized carbons (Fsp3) is 0.708. The van der Waals surface area contributed by atoms with Gasteiger partial charge in [0.1, 0.15) is 5.54 Å². The fourth-order valence-electron chi connectivity index (χ4n) is 4.29. The number of nitrogens with two attached hydrogens (primary N) is 1. The topological polar surface area (TPSA) is 143 Å². The normalized spacial score (nSPS) is 17.0. The van der Waals surface area contributed by atoms with E-state index in [2.05, 4.69) is 9.80 Å². The second kappa shape index (κ2) is 15.0. The largest absolute Gasteiger partial charge is 0.633 e.